The number of rotatable bonds is 2. The summed E-state index contributed by atoms with van der Waals surface area (Å²) in [6.45, 7) is 5.91. The van der Waals surface area contributed by atoms with Gasteiger partial charge >= 0.3 is 0 Å². The maximum Gasteiger partial charge on any atom is 0.192 e. The second-order valence-electron chi connectivity index (χ2n) is 2.92. The van der Waals surface area contributed by atoms with Crippen LogP contribution in [0.3, 0.4) is 0 Å². The van der Waals surface area contributed by atoms with Gasteiger partial charge in [-0.2, -0.15) is 0 Å². The molecule has 2 aromatic rings. The van der Waals surface area contributed by atoms with E-state index in [9.17, 15) is 0 Å². The molecule has 1 heterocycles. The molecular weight excluding hydrogens is 164 g/mol. The molecule has 1 aromatic carbocycles. The summed E-state index contributed by atoms with van der Waals surface area (Å²) in [7, 11) is 0. The van der Waals surface area contributed by atoms with Crippen LogP contribution in [0.2, 0.25) is 0 Å². The number of nitrogens with zero attached hydrogens (tertiary/aromatic N) is 2. The zero-order valence-corrected chi connectivity index (χ0v) is 7.45. The van der Waals surface area contributed by atoms with Crippen molar-refractivity contribution in [3.63, 3.8) is 0 Å². The molecule has 0 saturated heterocycles. The lowest BCUT2D eigenvalue weighted by Crippen LogP contribution is -1.79. The van der Waals surface area contributed by atoms with Crippen LogP contribution in [-0.2, 0) is 6.54 Å². The minimum Gasteiger partial charge on any atom is -0.441 e. The molecule has 0 spiro atoms. The number of oxazole rings is 1. The highest BCUT2D eigenvalue weighted by Gasteiger charge is 2.01. The van der Waals surface area contributed by atoms with Gasteiger partial charge in [-0.3, -0.25) is 4.99 Å². The van der Waals surface area contributed by atoms with Crippen LogP contribution in [0.15, 0.2) is 27.6 Å². The van der Waals surface area contributed by atoms with Crippen LogP contribution < -0.4 is 0 Å². The first kappa shape index (κ1) is 7.98. The summed E-state index contributed by atoms with van der Waals surface area (Å²) in [6, 6.07) is 5.86. The van der Waals surface area contributed by atoms with Crippen LogP contribution in [0.5, 0.6) is 0 Å². The molecule has 0 aliphatic heterocycles. The van der Waals surface area contributed by atoms with E-state index in [0.29, 0.717) is 12.4 Å². The molecule has 0 atom stereocenters. The number of aromatic nitrogens is 1. The van der Waals surface area contributed by atoms with Crippen molar-refractivity contribution in [1.29, 1.82) is 0 Å². The molecule has 0 radical (unpaired) electrons. The second-order valence-corrected chi connectivity index (χ2v) is 2.92. The molecule has 1 aromatic heterocycles. The third-order valence-electron chi connectivity index (χ3n) is 1.85. The number of benzene rings is 1. The lowest BCUT2D eigenvalue weighted by atomic mass is 10.2. The van der Waals surface area contributed by atoms with Gasteiger partial charge < -0.3 is 4.42 Å². The summed E-state index contributed by atoms with van der Waals surface area (Å²) >= 11 is 0. The monoisotopic (exact) mass is 174 g/mol. The van der Waals surface area contributed by atoms with Gasteiger partial charge in [-0.15, -0.1) is 0 Å². The number of fused-ring (bicyclic) bond motifs is 1. The smallest absolute Gasteiger partial charge is 0.192 e. The van der Waals surface area contributed by atoms with Gasteiger partial charge in [-0.1, -0.05) is 6.07 Å². The molecule has 0 fully saturated rings. The van der Waals surface area contributed by atoms with Crippen molar-refractivity contribution in [3.05, 3.63) is 29.7 Å². The van der Waals surface area contributed by atoms with Crippen LogP contribution >= 0.6 is 0 Å². The van der Waals surface area contributed by atoms with E-state index >= 15 is 0 Å². The fraction of sp³-hybridized carbons (Fsp3) is 0.200. The zero-order chi connectivity index (χ0) is 9.26. The van der Waals surface area contributed by atoms with Gasteiger partial charge in [-0.05, 0) is 24.4 Å². The predicted molar refractivity (Wildman–Crippen MR) is 52.0 cm³/mol. The van der Waals surface area contributed by atoms with E-state index in [1.165, 1.54) is 0 Å². The van der Waals surface area contributed by atoms with Crippen molar-refractivity contribution < 1.29 is 4.42 Å². The molecule has 3 heteroatoms. The van der Waals surface area contributed by atoms with Crippen molar-refractivity contribution in [1.82, 2.24) is 4.98 Å². The normalized spacial score (nSPS) is 10.5. The topological polar surface area (TPSA) is 38.4 Å². The maximum absolute atomic E-state index is 5.34. The Labute approximate surface area is 76.1 Å². The van der Waals surface area contributed by atoms with Gasteiger partial charge in [0.1, 0.15) is 5.52 Å². The van der Waals surface area contributed by atoms with E-state index in [1.807, 2.05) is 25.1 Å². The Kier molecular flexibility index (Phi) is 1.85. The molecule has 0 unspecified atom stereocenters. The summed E-state index contributed by atoms with van der Waals surface area (Å²) in [5.41, 5.74) is 2.82. The van der Waals surface area contributed by atoms with Crippen LogP contribution in [0.1, 0.15) is 11.5 Å². The van der Waals surface area contributed by atoms with E-state index < -0.39 is 0 Å². The van der Waals surface area contributed by atoms with Gasteiger partial charge in [0.2, 0.25) is 0 Å². The Balaban J connectivity index is 2.54. The minimum atomic E-state index is 0.627. The maximum atomic E-state index is 5.34. The van der Waals surface area contributed by atoms with Crippen molar-refractivity contribution in [2.75, 3.05) is 0 Å². The fourth-order valence-electron chi connectivity index (χ4n) is 1.32. The van der Waals surface area contributed by atoms with Gasteiger partial charge in [-0.25, -0.2) is 4.98 Å². The molecule has 2 rings (SSSR count). The number of hydrogen-bond acceptors (Lipinski definition) is 3. The SMILES string of the molecule is C=NCc1ccc2oc(C)nc2c1. The Morgan fingerprint density at radius 3 is 3.15 bits per heavy atom. The van der Waals surface area contributed by atoms with Crippen molar-refractivity contribution in [3.8, 4) is 0 Å². The Bertz CT molecular complexity index is 445. The summed E-state index contributed by atoms with van der Waals surface area (Å²) in [6.07, 6.45) is 0. The first-order chi connectivity index (χ1) is 6.29. The fourth-order valence-corrected chi connectivity index (χ4v) is 1.32. The summed E-state index contributed by atoms with van der Waals surface area (Å²) in [5, 5.41) is 0. The highest BCUT2D eigenvalue weighted by atomic mass is 16.3. The highest BCUT2D eigenvalue weighted by Crippen LogP contribution is 2.16. The minimum absolute atomic E-state index is 0.627. The van der Waals surface area contributed by atoms with Crippen molar-refractivity contribution in [2.45, 2.75) is 13.5 Å². The van der Waals surface area contributed by atoms with Gasteiger partial charge in [0, 0.05) is 6.92 Å². The van der Waals surface area contributed by atoms with Crippen molar-refractivity contribution in [2.24, 2.45) is 4.99 Å². The molecule has 0 N–H and O–H groups in total. The van der Waals surface area contributed by atoms with Crippen LogP contribution in [-0.4, -0.2) is 11.7 Å². The number of aryl methyl sites for hydroxylation is 1. The quantitative estimate of drug-likeness (QED) is 0.655. The third kappa shape index (κ3) is 1.45. The molecule has 66 valence electrons. The molecule has 0 aliphatic carbocycles. The molecule has 0 saturated carbocycles. The summed E-state index contributed by atoms with van der Waals surface area (Å²) in [5.74, 6) is 0.693. The Morgan fingerprint density at radius 1 is 1.54 bits per heavy atom. The van der Waals surface area contributed by atoms with Crippen LogP contribution in [0, 0.1) is 6.92 Å². The first-order valence-corrected chi connectivity index (χ1v) is 4.08. The van der Waals surface area contributed by atoms with E-state index in [4.69, 9.17) is 4.42 Å². The van der Waals surface area contributed by atoms with Crippen LogP contribution in [0.4, 0.5) is 0 Å². The molecule has 3 nitrogen and oxygen atoms in total. The second kappa shape index (κ2) is 3.01. The molecule has 0 amide bonds. The lowest BCUT2D eigenvalue weighted by molar-refractivity contribution is 0.561. The van der Waals surface area contributed by atoms with Gasteiger partial charge in [0.15, 0.2) is 11.5 Å². The molecule has 13 heavy (non-hydrogen) atoms. The van der Waals surface area contributed by atoms with E-state index in [1.54, 1.807) is 0 Å². The third-order valence-corrected chi connectivity index (χ3v) is 1.85. The Morgan fingerprint density at radius 2 is 2.38 bits per heavy atom. The lowest BCUT2D eigenvalue weighted by Gasteiger charge is -1.93. The molecular formula is C10H10N2O. The molecule has 0 aliphatic rings. The summed E-state index contributed by atoms with van der Waals surface area (Å²) in [4.78, 5) is 8.04. The Hall–Kier alpha value is -1.64. The van der Waals surface area contributed by atoms with E-state index in [0.717, 1.165) is 16.7 Å². The molecule has 0 bridgehead atoms. The average molecular weight is 174 g/mol. The van der Waals surface area contributed by atoms with Crippen molar-refractivity contribution >= 4 is 17.8 Å². The standard InChI is InChI=1S/C10H10N2O/c1-7-12-9-5-8(6-11-2)3-4-10(9)13-7/h3-5H,2,6H2,1H3. The van der Waals surface area contributed by atoms with E-state index in [2.05, 4.69) is 16.7 Å². The van der Waals surface area contributed by atoms with Gasteiger partial charge in [0.25, 0.3) is 0 Å². The van der Waals surface area contributed by atoms with Crippen LogP contribution in [0.25, 0.3) is 11.1 Å². The number of aliphatic imine (C=N–C) groups is 1. The largest absolute Gasteiger partial charge is 0.441 e. The van der Waals surface area contributed by atoms with E-state index in [-0.39, 0.29) is 0 Å². The summed E-state index contributed by atoms with van der Waals surface area (Å²) < 4.78 is 5.34. The van der Waals surface area contributed by atoms with Gasteiger partial charge in [0.05, 0.1) is 6.54 Å². The predicted octanol–water partition coefficient (Wildman–Crippen LogP) is 2.34. The highest BCUT2D eigenvalue weighted by molar-refractivity contribution is 5.73. The zero-order valence-electron chi connectivity index (χ0n) is 7.45. The number of hydrogen-bond donors (Lipinski definition) is 0. The average Bonchev–Trinajstić information content (AvgIpc) is 2.44. The first-order valence-electron chi connectivity index (χ1n) is 4.08.